The van der Waals surface area contributed by atoms with E-state index < -0.39 is 6.04 Å². The summed E-state index contributed by atoms with van der Waals surface area (Å²) in [5, 5.41) is 9.35. The Morgan fingerprint density at radius 2 is 1.77 bits per heavy atom. The SMILES string of the molecule is COc1cc(NC(C)C(=O)Nc2cc(Cl)ccc2Cl)ccc1NC(C)=O. The van der Waals surface area contributed by atoms with Crippen molar-refractivity contribution in [2.75, 3.05) is 23.1 Å². The van der Waals surface area contributed by atoms with E-state index in [1.54, 1.807) is 43.3 Å². The molecule has 0 saturated heterocycles. The third-order valence-corrected chi connectivity index (χ3v) is 4.04. The lowest BCUT2D eigenvalue weighted by molar-refractivity contribution is -0.116. The Hall–Kier alpha value is -2.44. The number of carbonyl (C=O) groups is 2. The van der Waals surface area contributed by atoms with Gasteiger partial charge in [0.15, 0.2) is 0 Å². The summed E-state index contributed by atoms with van der Waals surface area (Å²) in [5.41, 5.74) is 1.65. The van der Waals surface area contributed by atoms with Crippen LogP contribution in [0.15, 0.2) is 36.4 Å². The average Bonchev–Trinajstić information content (AvgIpc) is 2.58. The van der Waals surface area contributed by atoms with Crippen molar-refractivity contribution in [1.82, 2.24) is 0 Å². The van der Waals surface area contributed by atoms with Crippen molar-refractivity contribution in [3.63, 3.8) is 0 Å². The van der Waals surface area contributed by atoms with Crippen LogP contribution in [0.25, 0.3) is 0 Å². The molecule has 6 nitrogen and oxygen atoms in total. The lowest BCUT2D eigenvalue weighted by atomic mass is 10.2. The molecule has 0 aromatic heterocycles. The van der Waals surface area contributed by atoms with Crippen LogP contribution in [-0.4, -0.2) is 25.0 Å². The Morgan fingerprint density at radius 1 is 1.04 bits per heavy atom. The zero-order valence-electron chi connectivity index (χ0n) is 14.5. The zero-order valence-corrected chi connectivity index (χ0v) is 16.0. The molecule has 0 aliphatic rings. The van der Waals surface area contributed by atoms with Gasteiger partial charge in [-0.05, 0) is 37.3 Å². The summed E-state index contributed by atoms with van der Waals surface area (Å²) in [6.07, 6.45) is 0. The molecule has 8 heteroatoms. The highest BCUT2D eigenvalue weighted by molar-refractivity contribution is 6.35. The summed E-state index contributed by atoms with van der Waals surface area (Å²) in [4.78, 5) is 23.6. The number of ether oxygens (including phenoxy) is 1. The molecule has 0 aliphatic heterocycles. The van der Waals surface area contributed by atoms with Gasteiger partial charge in [-0.15, -0.1) is 0 Å². The molecule has 1 atom stereocenters. The van der Waals surface area contributed by atoms with Crippen LogP contribution in [0.3, 0.4) is 0 Å². The Labute approximate surface area is 161 Å². The summed E-state index contributed by atoms with van der Waals surface area (Å²) >= 11 is 12.0. The summed E-state index contributed by atoms with van der Waals surface area (Å²) in [7, 11) is 1.50. The number of rotatable bonds is 6. The molecule has 2 aromatic carbocycles. The second-order valence-electron chi connectivity index (χ2n) is 5.58. The summed E-state index contributed by atoms with van der Waals surface area (Å²) in [6.45, 7) is 3.13. The van der Waals surface area contributed by atoms with Crippen molar-refractivity contribution in [3.8, 4) is 5.75 Å². The molecule has 0 aliphatic carbocycles. The number of anilines is 3. The van der Waals surface area contributed by atoms with Crippen molar-refractivity contribution in [2.45, 2.75) is 19.9 Å². The third-order valence-electron chi connectivity index (χ3n) is 3.47. The van der Waals surface area contributed by atoms with Crippen LogP contribution >= 0.6 is 23.2 Å². The maximum Gasteiger partial charge on any atom is 0.246 e. The van der Waals surface area contributed by atoms with Gasteiger partial charge in [-0.3, -0.25) is 9.59 Å². The summed E-state index contributed by atoms with van der Waals surface area (Å²) in [6, 6.07) is 9.42. The average molecular weight is 396 g/mol. The van der Waals surface area contributed by atoms with E-state index in [2.05, 4.69) is 16.0 Å². The van der Waals surface area contributed by atoms with Gasteiger partial charge in [0.25, 0.3) is 0 Å². The highest BCUT2D eigenvalue weighted by Gasteiger charge is 2.15. The predicted molar refractivity (Wildman–Crippen MR) is 105 cm³/mol. The maximum absolute atomic E-state index is 12.4. The largest absolute Gasteiger partial charge is 0.494 e. The maximum atomic E-state index is 12.4. The molecule has 3 N–H and O–H groups in total. The molecule has 2 rings (SSSR count). The van der Waals surface area contributed by atoms with Gasteiger partial charge >= 0.3 is 0 Å². The van der Waals surface area contributed by atoms with Gasteiger partial charge in [-0.1, -0.05) is 23.2 Å². The van der Waals surface area contributed by atoms with Gasteiger partial charge in [0.05, 0.1) is 23.5 Å². The minimum atomic E-state index is -0.554. The molecule has 0 radical (unpaired) electrons. The predicted octanol–water partition coefficient (Wildman–Crippen LogP) is 4.40. The van der Waals surface area contributed by atoms with Crippen LogP contribution in [0.4, 0.5) is 17.1 Å². The Bertz CT molecular complexity index is 827. The monoisotopic (exact) mass is 395 g/mol. The summed E-state index contributed by atoms with van der Waals surface area (Å²) < 4.78 is 5.27. The first-order valence-corrected chi connectivity index (χ1v) is 8.54. The van der Waals surface area contributed by atoms with Gasteiger partial charge in [-0.25, -0.2) is 0 Å². The topological polar surface area (TPSA) is 79.5 Å². The van der Waals surface area contributed by atoms with Crippen molar-refractivity contribution in [1.29, 1.82) is 0 Å². The number of carbonyl (C=O) groups excluding carboxylic acids is 2. The molecule has 26 heavy (non-hydrogen) atoms. The molecule has 0 bridgehead atoms. The normalized spacial score (nSPS) is 11.4. The van der Waals surface area contributed by atoms with Gasteiger partial charge in [0, 0.05) is 23.7 Å². The number of hydrogen-bond acceptors (Lipinski definition) is 4. The molecule has 0 saturated carbocycles. The van der Waals surface area contributed by atoms with E-state index in [1.165, 1.54) is 14.0 Å². The first kappa shape index (κ1) is 19.9. The van der Waals surface area contributed by atoms with Crippen LogP contribution in [-0.2, 0) is 9.59 Å². The fourth-order valence-corrected chi connectivity index (χ4v) is 2.56. The van der Waals surface area contributed by atoms with Crippen LogP contribution in [0.5, 0.6) is 5.75 Å². The molecule has 138 valence electrons. The van der Waals surface area contributed by atoms with E-state index in [9.17, 15) is 9.59 Å². The van der Waals surface area contributed by atoms with Crippen LogP contribution < -0.4 is 20.7 Å². The van der Waals surface area contributed by atoms with E-state index in [1.807, 2.05) is 0 Å². The van der Waals surface area contributed by atoms with E-state index in [0.29, 0.717) is 32.9 Å². The van der Waals surface area contributed by atoms with Gasteiger partial charge in [0.1, 0.15) is 11.8 Å². The van der Waals surface area contributed by atoms with Crippen molar-refractivity contribution in [2.24, 2.45) is 0 Å². The van der Waals surface area contributed by atoms with E-state index in [-0.39, 0.29) is 11.8 Å². The number of halogens is 2. The minimum Gasteiger partial charge on any atom is -0.494 e. The molecule has 1 unspecified atom stereocenters. The van der Waals surface area contributed by atoms with E-state index in [0.717, 1.165) is 0 Å². The summed E-state index contributed by atoms with van der Waals surface area (Å²) in [5.74, 6) is 0.00456. The highest BCUT2D eigenvalue weighted by atomic mass is 35.5. The second kappa shape index (κ2) is 8.78. The first-order chi connectivity index (χ1) is 12.3. The second-order valence-corrected chi connectivity index (χ2v) is 6.42. The lowest BCUT2D eigenvalue weighted by Crippen LogP contribution is -2.32. The molecule has 0 spiro atoms. The third kappa shape index (κ3) is 5.28. The molecule has 0 fully saturated rings. The molecule has 0 heterocycles. The number of hydrogen-bond donors (Lipinski definition) is 3. The number of amides is 2. The van der Waals surface area contributed by atoms with Crippen LogP contribution in [0.2, 0.25) is 10.0 Å². The molecular formula is C18H19Cl2N3O3. The number of benzene rings is 2. The van der Waals surface area contributed by atoms with Gasteiger partial charge < -0.3 is 20.7 Å². The first-order valence-electron chi connectivity index (χ1n) is 7.78. The quantitative estimate of drug-likeness (QED) is 0.676. The standard InChI is InChI=1S/C18H19Cl2N3O3/c1-10(18(25)23-16-8-12(19)4-6-14(16)20)21-13-5-7-15(22-11(2)24)17(9-13)26-3/h4-10,21H,1-3H3,(H,22,24)(H,23,25). The van der Waals surface area contributed by atoms with Gasteiger partial charge in [-0.2, -0.15) is 0 Å². The lowest BCUT2D eigenvalue weighted by Gasteiger charge is -2.17. The fourth-order valence-electron chi connectivity index (χ4n) is 2.22. The fraction of sp³-hybridized carbons (Fsp3) is 0.222. The smallest absolute Gasteiger partial charge is 0.246 e. The number of nitrogens with one attached hydrogen (secondary N) is 3. The molecule has 2 aromatic rings. The Morgan fingerprint density at radius 3 is 2.42 bits per heavy atom. The molecule has 2 amide bonds. The van der Waals surface area contributed by atoms with E-state index in [4.69, 9.17) is 27.9 Å². The van der Waals surface area contributed by atoms with E-state index >= 15 is 0 Å². The number of methoxy groups -OCH3 is 1. The van der Waals surface area contributed by atoms with Crippen LogP contribution in [0.1, 0.15) is 13.8 Å². The van der Waals surface area contributed by atoms with Crippen molar-refractivity contribution >= 4 is 52.1 Å². The Balaban J connectivity index is 2.08. The van der Waals surface area contributed by atoms with Crippen molar-refractivity contribution in [3.05, 3.63) is 46.4 Å². The minimum absolute atomic E-state index is 0.199. The highest BCUT2D eigenvalue weighted by Crippen LogP contribution is 2.29. The van der Waals surface area contributed by atoms with Crippen molar-refractivity contribution < 1.29 is 14.3 Å². The molecular weight excluding hydrogens is 377 g/mol. The van der Waals surface area contributed by atoms with Gasteiger partial charge in [0.2, 0.25) is 11.8 Å². The zero-order chi connectivity index (χ0) is 19.3. The van der Waals surface area contributed by atoms with Crippen LogP contribution in [0, 0.1) is 0 Å². The Kier molecular flexibility index (Phi) is 6.71.